The van der Waals surface area contributed by atoms with Gasteiger partial charge in [-0.05, 0) is 74.1 Å². The SMILES string of the molecule is Cc1nc2ccccc2c(=O)n1-c1ccc(C(=O)Nc2sc3c(c2C#N)CCC(C)C3)cc1. The van der Waals surface area contributed by atoms with E-state index in [2.05, 4.69) is 23.3 Å². The maximum absolute atomic E-state index is 13.0. The molecule has 0 aliphatic heterocycles. The highest BCUT2D eigenvalue weighted by atomic mass is 32.1. The van der Waals surface area contributed by atoms with Crippen molar-refractivity contribution in [3.8, 4) is 11.8 Å². The third-order valence-electron chi connectivity index (χ3n) is 6.18. The molecular weight excluding hydrogens is 432 g/mol. The third kappa shape index (κ3) is 3.73. The molecule has 6 nitrogen and oxygen atoms in total. The monoisotopic (exact) mass is 454 g/mol. The lowest BCUT2D eigenvalue weighted by Crippen LogP contribution is -2.22. The Morgan fingerprint density at radius 2 is 1.97 bits per heavy atom. The maximum Gasteiger partial charge on any atom is 0.265 e. The zero-order valence-electron chi connectivity index (χ0n) is 18.4. The molecule has 1 aliphatic rings. The van der Waals surface area contributed by atoms with Crippen molar-refractivity contribution < 1.29 is 4.79 Å². The van der Waals surface area contributed by atoms with Gasteiger partial charge in [0.2, 0.25) is 0 Å². The van der Waals surface area contributed by atoms with Crippen molar-refractivity contribution in [3.05, 3.63) is 86.3 Å². The Bertz CT molecular complexity index is 1490. The summed E-state index contributed by atoms with van der Waals surface area (Å²) in [4.78, 5) is 31.7. The fourth-order valence-electron chi connectivity index (χ4n) is 4.44. The van der Waals surface area contributed by atoms with Crippen molar-refractivity contribution in [2.24, 2.45) is 5.92 Å². The van der Waals surface area contributed by atoms with E-state index in [4.69, 9.17) is 0 Å². The molecule has 164 valence electrons. The van der Waals surface area contributed by atoms with Crippen LogP contribution in [0.15, 0.2) is 53.3 Å². The molecule has 1 atom stereocenters. The number of nitrogens with one attached hydrogen (secondary N) is 1. The van der Waals surface area contributed by atoms with Gasteiger partial charge in [0, 0.05) is 10.4 Å². The number of carbonyl (C=O) groups is 1. The average molecular weight is 455 g/mol. The van der Waals surface area contributed by atoms with Gasteiger partial charge in [-0.3, -0.25) is 14.2 Å². The van der Waals surface area contributed by atoms with Gasteiger partial charge in [-0.15, -0.1) is 11.3 Å². The number of para-hydroxylation sites is 1. The summed E-state index contributed by atoms with van der Waals surface area (Å²) in [7, 11) is 0. The van der Waals surface area contributed by atoms with Crippen molar-refractivity contribution in [1.82, 2.24) is 9.55 Å². The Labute approximate surface area is 195 Å². The van der Waals surface area contributed by atoms with Gasteiger partial charge in [-0.25, -0.2) is 4.98 Å². The van der Waals surface area contributed by atoms with Gasteiger partial charge in [-0.2, -0.15) is 5.26 Å². The number of rotatable bonds is 3. The topological polar surface area (TPSA) is 87.8 Å². The molecule has 2 aromatic carbocycles. The Balaban J connectivity index is 1.43. The summed E-state index contributed by atoms with van der Waals surface area (Å²) < 4.78 is 1.55. The second kappa shape index (κ2) is 8.30. The molecule has 33 heavy (non-hydrogen) atoms. The molecular formula is C26H22N4O2S. The van der Waals surface area contributed by atoms with Crippen LogP contribution >= 0.6 is 11.3 Å². The second-order valence-corrected chi connectivity index (χ2v) is 9.59. The summed E-state index contributed by atoms with van der Waals surface area (Å²) >= 11 is 1.51. The maximum atomic E-state index is 13.0. The summed E-state index contributed by atoms with van der Waals surface area (Å²) in [5, 5.41) is 13.8. The van der Waals surface area contributed by atoms with Crippen LogP contribution in [0.3, 0.4) is 0 Å². The first-order chi connectivity index (χ1) is 16.0. The van der Waals surface area contributed by atoms with E-state index in [-0.39, 0.29) is 11.5 Å². The summed E-state index contributed by atoms with van der Waals surface area (Å²) in [6, 6.07) is 16.4. The number of aromatic nitrogens is 2. The molecule has 0 radical (unpaired) electrons. The molecule has 7 heteroatoms. The Hall–Kier alpha value is -3.76. The largest absolute Gasteiger partial charge is 0.312 e. The predicted octanol–water partition coefficient (Wildman–Crippen LogP) is 5.00. The molecule has 1 unspecified atom stereocenters. The van der Waals surface area contributed by atoms with Crippen LogP contribution in [0.25, 0.3) is 16.6 Å². The summed E-state index contributed by atoms with van der Waals surface area (Å²) in [6.45, 7) is 4.00. The quantitative estimate of drug-likeness (QED) is 0.472. The molecule has 0 bridgehead atoms. The molecule has 2 aromatic heterocycles. The van der Waals surface area contributed by atoms with E-state index < -0.39 is 0 Å². The summed E-state index contributed by atoms with van der Waals surface area (Å²) in [5.41, 5.74) is 3.30. The first-order valence-corrected chi connectivity index (χ1v) is 11.7. The minimum Gasteiger partial charge on any atom is -0.312 e. The van der Waals surface area contributed by atoms with E-state index in [1.54, 1.807) is 41.8 Å². The number of anilines is 1. The Morgan fingerprint density at radius 1 is 1.21 bits per heavy atom. The summed E-state index contributed by atoms with van der Waals surface area (Å²) in [5.74, 6) is 0.897. The Kier molecular flexibility index (Phi) is 5.31. The molecule has 0 spiro atoms. The number of hydrogen-bond donors (Lipinski definition) is 1. The standard InChI is InChI=1S/C26H22N4O2S/c1-15-7-12-19-21(14-27)25(33-23(19)13-15)29-24(31)17-8-10-18(11-9-17)30-16(2)28-22-6-4-3-5-20(22)26(30)32/h3-6,8-11,15H,7,12-13H2,1-2H3,(H,29,31). The minimum absolute atomic E-state index is 0.146. The zero-order chi connectivity index (χ0) is 23.1. The number of aryl methyl sites for hydroxylation is 1. The molecule has 4 aromatic rings. The minimum atomic E-state index is -0.273. The smallest absolute Gasteiger partial charge is 0.265 e. The number of nitriles is 1. The lowest BCUT2D eigenvalue weighted by atomic mass is 9.88. The molecule has 0 fully saturated rings. The van der Waals surface area contributed by atoms with Crippen LogP contribution in [0.4, 0.5) is 5.00 Å². The first kappa shape index (κ1) is 21.1. The van der Waals surface area contributed by atoms with E-state index >= 15 is 0 Å². The number of thiophene rings is 1. The lowest BCUT2D eigenvalue weighted by Gasteiger charge is -2.17. The number of amides is 1. The lowest BCUT2D eigenvalue weighted by molar-refractivity contribution is 0.102. The van der Waals surface area contributed by atoms with Gasteiger partial charge in [0.25, 0.3) is 11.5 Å². The van der Waals surface area contributed by atoms with Crippen molar-refractivity contribution in [2.45, 2.75) is 33.1 Å². The van der Waals surface area contributed by atoms with Gasteiger partial charge in [0.05, 0.1) is 22.2 Å². The fraction of sp³-hybridized carbons (Fsp3) is 0.231. The van der Waals surface area contributed by atoms with Crippen LogP contribution in [-0.2, 0) is 12.8 Å². The van der Waals surface area contributed by atoms with Crippen LogP contribution < -0.4 is 10.9 Å². The van der Waals surface area contributed by atoms with E-state index in [9.17, 15) is 14.9 Å². The highest BCUT2D eigenvalue weighted by Crippen LogP contribution is 2.39. The highest BCUT2D eigenvalue weighted by molar-refractivity contribution is 7.16. The fourth-order valence-corrected chi connectivity index (χ4v) is 5.80. The van der Waals surface area contributed by atoms with Gasteiger partial charge in [0.15, 0.2) is 0 Å². The summed E-state index contributed by atoms with van der Waals surface area (Å²) in [6.07, 6.45) is 2.90. The van der Waals surface area contributed by atoms with Gasteiger partial charge < -0.3 is 5.32 Å². The highest BCUT2D eigenvalue weighted by Gasteiger charge is 2.25. The van der Waals surface area contributed by atoms with Gasteiger partial charge >= 0.3 is 0 Å². The van der Waals surface area contributed by atoms with Crippen molar-refractivity contribution >= 4 is 33.1 Å². The van der Waals surface area contributed by atoms with E-state index in [0.717, 1.165) is 24.8 Å². The molecule has 1 amide bonds. The van der Waals surface area contributed by atoms with Crippen LogP contribution in [-0.4, -0.2) is 15.5 Å². The number of carbonyl (C=O) groups excluding carboxylic acids is 1. The van der Waals surface area contributed by atoms with Gasteiger partial charge in [-0.1, -0.05) is 19.1 Å². The molecule has 5 rings (SSSR count). The molecule has 1 N–H and O–H groups in total. The Morgan fingerprint density at radius 3 is 2.73 bits per heavy atom. The average Bonchev–Trinajstić information content (AvgIpc) is 3.15. The van der Waals surface area contributed by atoms with E-state index in [0.29, 0.717) is 44.5 Å². The van der Waals surface area contributed by atoms with Crippen LogP contribution in [0.5, 0.6) is 0 Å². The zero-order valence-corrected chi connectivity index (χ0v) is 19.2. The third-order valence-corrected chi connectivity index (χ3v) is 7.35. The van der Waals surface area contributed by atoms with Crippen molar-refractivity contribution in [1.29, 1.82) is 5.26 Å². The van der Waals surface area contributed by atoms with Crippen molar-refractivity contribution in [2.75, 3.05) is 5.32 Å². The normalized spacial score (nSPS) is 15.1. The number of nitrogens with zero attached hydrogens (tertiary/aromatic N) is 3. The molecule has 1 aliphatic carbocycles. The predicted molar refractivity (Wildman–Crippen MR) is 130 cm³/mol. The van der Waals surface area contributed by atoms with Crippen LogP contribution in [0.2, 0.25) is 0 Å². The number of fused-ring (bicyclic) bond motifs is 2. The van der Waals surface area contributed by atoms with Crippen LogP contribution in [0.1, 0.15) is 45.5 Å². The molecule has 2 heterocycles. The second-order valence-electron chi connectivity index (χ2n) is 8.49. The number of hydrogen-bond acceptors (Lipinski definition) is 5. The molecule has 0 saturated heterocycles. The first-order valence-electron chi connectivity index (χ1n) is 10.9. The molecule has 0 saturated carbocycles. The van der Waals surface area contributed by atoms with Gasteiger partial charge in [0.1, 0.15) is 16.9 Å². The van der Waals surface area contributed by atoms with Crippen LogP contribution in [0, 0.1) is 24.2 Å². The number of benzene rings is 2. The van der Waals surface area contributed by atoms with E-state index in [1.807, 2.05) is 18.2 Å². The van der Waals surface area contributed by atoms with E-state index in [1.165, 1.54) is 16.2 Å². The van der Waals surface area contributed by atoms with Crippen molar-refractivity contribution in [3.63, 3.8) is 0 Å².